The van der Waals surface area contributed by atoms with Crippen LogP contribution in [0.25, 0.3) is 0 Å². The van der Waals surface area contributed by atoms with Gasteiger partial charge in [0.2, 0.25) is 0 Å². The topological polar surface area (TPSA) is 35.5 Å². The lowest BCUT2D eigenvalue weighted by Crippen LogP contribution is -1.97. The van der Waals surface area contributed by atoms with E-state index in [9.17, 15) is 4.79 Å². The molecule has 1 rings (SSSR count). The highest BCUT2D eigenvalue weighted by atomic mass is 16.5. The van der Waals surface area contributed by atoms with Crippen molar-refractivity contribution in [3.05, 3.63) is 35.9 Å². The maximum Gasteiger partial charge on any atom is 0.160 e. The minimum absolute atomic E-state index is 0.192. The first-order valence-electron chi connectivity index (χ1n) is 9.61. The van der Waals surface area contributed by atoms with Crippen LogP contribution >= 0.6 is 0 Å². The predicted octanol–water partition coefficient (Wildman–Crippen LogP) is 5.90. The molecule has 0 amide bonds. The van der Waals surface area contributed by atoms with Crippen molar-refractivity contribution < 1.29 is 14.3 Å². The van der Waals surface area contributed by atoms with Crippen molar-refractivity contribution in [3.63, 3.8) is 0 Å². The molecule has 0 spiro atoms. The summed E-state index contributed by atoms with van der Waals surface area (Å²) >= 11 is 0. The number of ketones is 1. The van der Waals surface area contributed by atoms with Gasteiger partial charge in [0.1, 0.15) is 0 Å². The fourth-order valence-electron chi connectivity index (χ4n) is 2.82. The molecule has 0 bridgehead atoms. The first-order valence-corrected chi connectivity index (χ1v) is 9.61. The molecule has 0 unspecified atom stereocenters. The number of aryl methyl sites for hydroxylation is 1. The van der Waals surface area contributed by atoms with Crippen molar-refractivity contribution in [2.24, 2.45) is 0 Å². The van der Waals surface area contributed by atoms with Gasteiger partial charge in [-0.2, -0.15) is 0 Å². The van der Waals surface area contributed by atoms with Gasteiger partial charge in [0, 0.05) is 6.42 Å². The van der Waals surface area contributed by atoms with Crippen LogP contribution in [0.4, 0.5) is 0 Å². The third kappa shape index (κ3) is 9.33. The second-order valence-corrected chi connectivity index (χ2v) is 6.47. The number of methoxy groups -OCH3 is 2. The number of benzene rings is 1. The van der Waals surface area contributed by atoms with E-state index in [4.69, 9.17) is 9.47 Å². The van der Waals surface area contributed by atoms with Gasteiger partial charge in [-0.3, -0.25) is 4.79 Å². The number of hydrogen-bond donors (Lipinski definition) is 0. The molecule has 3 nitrogen and oxygen atoms in total. The van der Waals surface area contributed by atoms with Crippen LogP contribution in [0.5, 0.6) is 11.5 Å². The van der Waals surface area contributed by atoms with E-state index in [-0.39, 0.29) is 5.78 Å². The normalized spacial score (nSPS) is 11.0. The fourth-order valence-corrected chi connectivity index (χ4v) is 2.82. The molecule has 0 saturated heterocycles. The summed E-state index contributed by atoms with van der Waals surface area (Å²) in [5.41, 5.74) is 1.09. The van der Waals surface area contributed by atoms with E-state index >= 15 is 0 Å². The smallest absolute Gasteiger partial charge is 0.160 e. The third-order valence-electron chi connectivity index (χ3n) is 4.39. The first kappa shape index (κ1) is 21.3. The van der Waals surface area contributed by atoms with Crippen LogP contribution in [0, 0.1) is 0 Å². The average Bonchev–Trinajstić information content (AvgIpc) is 2.64. The molecule has 0 heterocycles. The highest BCUT2D eigenvalue weighted by Gasteiger charge is 2.05. The van der Waals surface area contributed by atoms with E-state index in [1.54, 1.807) is 20.3 Å². The zero-order valence-electron chi connectivity index (χ0n) is 16.2. The molecule has 0 aliphatic heterocycles. The molecule has 3 heteroatoms. The Morgan fingerprint density at radius 3 is 2.32 bits per heavy atom. The van der Waals surface area contributed by atoms with E-state index in [1.165, 1.54) is 44.9 Å². The molecule has 0 fully saturated rings. The molecule has 0 aromatic heterocycles. The van der Waals surface area contributed by atoms with E-state index < -0.39 is 0 Å². The molecule has 0 N–H and O–H groups in total. The van der Waals surface area contributed by atoms with Crippen molar-refractivity contribution in [2.45, 2.75) is 71.1 Å². The van der Waals surface area contributed by atoms with E-state index in [0.29, 0.717) is 17.9 Å². The Hall–Kier alpha value is -1.77. The summed E-state index contributed by atoms with van der Waals surface area (Å²) < 4.78 is 10.5. The number of hydrogen-bond acceptors (Lipinski definition) is 3. The maximum absolute atomic E-state index is 12.0. The number of rotatable bonds is 14. The highest BCUT2D eigenvalue weighted by Crippen LogP contribution is 2.27. The standard InChI is InChI=1S/C22H34O3/c1-4-5-6-7-8-9-10-11-12-13-20(23)16-14-19-15-17-21(24-2)22(18-19)25-3/h12-13,15,17-18H,4-11,14,16H2,1-3H3/b13-12+. The van der Waals surface area contributed by atoms with Crippen molar-refractivity contribution in [1.29, 1.82) is 0 Å². The minimum atomic E-state index is 0.192. The number of unbranched alkanes of at least 4 members (excludes halogenated alkanes) is 7. The molecule has 0 aliphatic rings. The van der Waals surface area contributed by atoms with E-state index in [1.807, 2.05) is 24.3 Å². The largest absolute Gasteiger partial charge is 0.493 e. The molecule has 25 heavy (non-hydrogen) atoms. The predicted molar refractivity (Wildman–Crippen MR) is 105 cm³/mol. The average molecular weight is 347 g/mol. The maximum atomic E-state index is 12.0. The Bertz CT molecular complexity index is 520. The molecular formula is C22H34O3. The van der Waals surface area contributed by atoms with Gasteiger partial charge in [-0.05, 0) is 43.0 Å². The summed E-state index contributed by atoms with van der Waals surface area (Å²) in [4.78, 5) is 12.0. The lowest BCUT2D eigenvalue weighted by molar-refractivity contribution is -0.114. The molecular weight excluding hydrogens is 312 g/mol. The van der Waals surface area contributed by atoms with Crippen LogP contribution in [0.15, 0.2) is 30.4 Å². The number of carbonyl (C=O) groups is 1. The monoisotopic (exact) mass is 346 g/mol. The van der Waals surface area contributed by atoms with Crippen molar-refractivity contribution in [3.8, 4) is 11.5 Å². The summed E-state index contributed by atoms with van der Waals surface area (Å²) in [7, 11) is 3.25. The molecule has 0 saturated carbocycles. The molecule has 1 aromatic rings. The SMILES string of the molecule is CCCCCCCCC/C=C/C(=O)CCc1ccc(OC)c(OC)c1. The molecule has 140 valence electrons. The van der Waals surface area contributed by atoms with Crippen LogP contribution in [-0.4, -0.2) is 20.0 Å². The summed E-state index contributed by atoms with van der Waals surface area (Å²) in [5.74, 6) is 1.62. The number of ether oxygens (including phenoxy) is 2. The Balaban J connectivity index is 2.20. The Labute approximate surface area is 153 Å². The van der Waals surface area contributed by atoms with Gasteiger partial charge in [-0.1, -0.05) is 57.6 Å². The lowest BCUT2D eigenvalue weighted by Gasteiger charge is -2.09. The van der Waals surface area contributed by atoms with Gasteiger partial charge in [-0.15, -0.1) is 0 Å². The van der Waals surface area contributed by atoms with Crippen molar-refractivity contribution in [2.75, 3.05) is 14.2 Å². The first-order chi connectivity index (χ1) is 12.2. The van der Waals surface area contributed by atoms with E-state index in [0.717, 1.165) is 18.4 Å². The van der Waals surface area contributed by atoms with Gasteiger partial charge in [0.15, 0.2) is 17.3 Å². The Morgan fingerprint density at radius 1 is 0.960 bits per heavy atom. The van der Waals surface area contributed by atoms with Crippen molar-refractivity contribution >= 4 is 5.78 Å². The van der Waals surface area contributed by atoms with Gasteiger partial charge in [0.05, 0.1) is 14.2 Å². The molecule has 1 aromatic carbocycles. The minimum Gasteiger partial charge on any atom is -0.493 e. The lowest BCUT2D eigenvalue weighted by atomic mass is 10.1. The Kier molecular flexibility index (Phi) is 11.5. The third-order valence-corrected chi connectivity index (χ3v) is 4.39. The zero-order chi connectivity index (χ0) is 18.3. The van der Waals surface area contributed by atoms with Crippen LogP contribution in [0.2, 0.25) is 0 Å². The van der Waals surface area contributed by atoms with Crippen LogP contribution in [0.1, 0.15) is 70.3 Å². The fraction of sp³-hybridized carbons (Fsp3) is 0.591. The van der Waals surface area contributed by atoms with Gasteiger partial charge >= 0.3 is 0 Å². The Morgan fingerprint density at radius 2 is 1.64 bits per heavy atom. The summed E-state index contributed by atoms with van der Waals surface area (Å²) in [6.45, 7) is 2.24. The van der Waals surface area contributed by atoms with Crippen LogP contribution in [0.3, 0.4) is 0 Å². The second kappa shape index (κ2) is 13.5. The summed E-state index contributed by atoms with van der Waals surface area (Å²) in [6.07, 6.45) is 15.2. The quantitative estimate of drug-likeness (QED) is 0.311. The number of allylic oxidation sites excluding steroid dienone is 2. The molecule has 0 aliphatic carbocycles. The summed E-state index contributed by atoms with van der Waals surface area (Å²) in [6, 6.07) is 5.81. The highest BCUT2D eigenvalue weighted by molar-refractivity contribution is 5.89. The van der Waals surface area contributed by atoms with Crippen LogP contribution < -0.4 is 9.47 Å². The number of carbonyl (C=O) groups excluding carboxylic acids is 1. The second-order valence-electron chi connectivity index (χ2n) is 6.47. The van der Waals surface area contributed by atoms with Gasteiger partial charge < -0.3 is 9.47 Å². The molecule has 0 radical (unpaired) electrons. The van der Waals surface area contributed by atoms with Crippen molar-refractivity contribution in [1.82, 2.24) is 0 Å². The molecule has 0 atom stereocenters. The van der Waals surface area contributed by atoms with Gasteiger partial charge in [0.25, 0.3) is 0 Å². The zero-order valence-corrected chi connectivity index (χ0v) is 16.2. The van der Waals surface area contributed by atoms with Crippen LogP contribution in [-0.2, 0) is 11.2 Å². The van der Waals surface area contributed by atoms with E-state index in [2.05, 4.69) is 6.92 Å². The summed E-state index contributed by atoms with van der Waals surface area (Å²) in [5, 5.41) is 0. The van der Waals surface area contributed by atoms with Gasteiger partial charge in [-0.25, -0.2) is 0 Å².